The molecule has 0 radical (unpaired) electrons. The van der Waals surface area contributed by atoms with Crippen LogP contribution in [0.4, 0.5) is 5.69 Å². The number of hydrogen-bond acceptors (Lipinski definition) is 3. The second-order valence-electron chi connectivity index (χ2n) is 5.10. The van der Waals surface area contributed by atoms with Crippen LogP contribution in [0.5, 0.6) is 5.75 Å². The van der Waals surface area contributed by atoms with E-state index in [0.29, 0.717) is 22.0 Å². The molecule has 2 amide bonds. The van der Waals surface area contributed by atoms with Gasteiger partial charge in [-0.05, 0) is 49.7 Å². The highest BCUT2D eigenvalue weighted by atomic mass is 35.5. The van der Waals surface area contributed by atoms with Crippen LogP contribution >= 0.6 is 11.6 Å². The lowest BCUT2D eigenvalue weighted by Gasteiger charge is -2.15. The summed E-state index contributed by atoms with van der Waals surface area (Å²) in [5.41, 5.74) is 6.90. The lowest BCUT2D eigenvalue weighted by Crippen LogP contribution is -2.30. The number of primary amides is 1. The van der Waals surface area contributed by atoms with Crippen LogP contribution in [0, 0.1) is 6.92 Å². The smallest absolute Gasteiger partial charge is 0.265 e. The number of benzene rings is 2. The maximum atomic E-state index is 12.2. The van der Waals surface area contributed by atoms with E-state index in [4.69, 9.17) is 22.1 Å². The minimum Gasteiger partial charge on any atom is -0.481 e. The summed E-state index contributed by atoms with van der Waals surface area (Å²) in [6.07, 6.45) is -0.730. The van der Waals surface area contributed by atoms with Crippen LogP contribution in [0.25, 0.3) is 0 Å². The molecular formula is C17H17ClN2O3. The fraction of sp³-hybridized carbons (Fsp3) is 0.176. The summed E-state index contributed by atoms with van der Waals surface area (Å²) >= 11 is 5.88. The zero-order chi connectivity index (χ0) is 17.0. The molecule has 0 saturated carbocycles. The Kier molecular flexibility index (Phi) is 5.24. The molecule has 2 aromatic rings. The largest absolute Gasteiger partial charge is 0.481 e. The predicted octanol–water partition coefficient (Wildman–Crippen LogP) is 3.15. The lowest BCUT2D eigenvalue weighted by molar-refractivity contribution is -0.122. The Morgan fingerprint density at radius 2 is 1.96 bits per heavy atom. The summed E-state index contributed by atoms with van der Waals surface area (Å²) in [6.45, 7) is 3.40. The van der Waals surface area contributed by atoms with Crippen LogP contribution < -0.4 is 15.8 Å². The van der Waals surface area contributed by atoms with Crippen LogP contribution in [-0.2, 0) is 4.79 Å². The van der Waals surface area contributed by atoms with Gasteiger partial charge in [-0.2, -0.15) is 0 Å². The summed E-state index contributed by atoms with van der Waals surface area (Å²) in [6, 6.07) is 11.8. The number of aryl methyl sites for hydroxylation is 1. The maximum Gasteiger partial charge on any atom is 0.265 e. The molecule has 0 aliphatic heterocycles. The number of rotatable bonds is 5. The molecule has 2 rings (SSSR count). The molecule has 2 aromatic carbocycles. The Bertz CT molecular complexity index is 746. The number of halogens is 1. The Morgan fingerprint density at radius 3 is 2.61 bits per heavy atom. The summed E-state index contributed by atoms with van der Waals surface area (Å²) in [4.78, 5) is 23.5. The molecule has 0 unspecified atom stereocenters. The van der Waals surface area contributed by atoms with Crippen molar-refractivity contribution >= 4 is 29.1 Å². The minimum atomic E-state index is -0.730. The third-order valence-electron chi connectivity index (χ3n) is 3.25. The first-order valence-corrected chi connectivity index (χ1v) is 7.38. The van der Waals surface area contributed by atoms with Crippen LogP contribution in [0.15, 0.2) is 42.5 Å². The van der Waals surface area contributed by atoms with E-state index in [1.165, 1.54) is 0 Å². The molecule has 0 aliphatic rings. The number of carbonyl (C=O) groups excluding carboxylic acids is 2. The molecule has 0 aliphatic carbocycles. The molecule has 120 valence electrons. The zero-order valence-electron chi connectivity index (χ0n) is 12.8. The fourth-order valence-electron chi connectivity index (χ4n) is 2.01. The first-order chi connectivity index (χ1) is 10.9. The van der Waals surface area contributed by atoms with E-state index >= 15 is 0 Å². The monoisotopic (exact) mass is 332 g/mol. The number of ether oxygens (including phenoxy) is 1. The summed E-state index contributed by atoms with van der Waals surface area (Å²) in [5, 5.41) is 3.22. The molecule has 1 atom stereocenters. The molecule has 6 heteroatoms. The fourth-order valence-corrected chi connectivity index (χ4v) is 2.19. The van der Waals surface area contributed by atoms with E-state index in [1.807, 2.05) is 0 Å². The number of hydrogen-bond donors (Lipinski definition) is 2. The second-order valence-corrected chi connectivity index (χ2v) is 5.54. The Hall–Kier alpha value is -2.53. The lowest BCUT2D eigenvalue weighted by atomic mass is 10.1. The number of carbonyl (C=O) groups is 2. The van der Waals surface area contributed by atoms with Crippen molar-refractivity contribution in [1.82, 2.24) is 0 Å². The maximum absolute atomic E-state index is 12.2. The highest BCUT2D eigenvalue weighted by molar-refractivity contribution is 6.30. The van der Waals surface area contributed by atoms with Gasteiger partial charge in [0.2, 0.25) is 5.91 Å². The Labute approximate surface area is 139 Å². The molecule has 0 bridgehead atoms. The van der Waals surface area contributed by atoms with Gasteiger partial charge in [0.25, 0.3) is 5.91 Å². The van der Waals surface area contributed by atoms with Gasteiger partial charge in [-0.15, -0.1) is 0 Å². The van der Waals surface area contributed by atoms with E-state index < -0.39 is 12.0 Å². The van der Waals surface area contributed by atoms with Gasteiger partial charge in [0.05, 0.1) is 0 Å². The Balaban J connectivity index is 2.06. The van der Waals surface area contributed by atoms with Gasteiger partial charge in [-0.3, -0.25) is 9.59 Å². The number of anilines is 1. The predicted molar refractivity (Wildman–Crippen MR) is 89.9 cm³/mol. The average molecular weight is 333 g/mol. The van der Waals surface area contributed by atoms with E-state index in [0.717, 1.165) is 5.56 Å². The first kappa shape index (κ1) is 16.8. The van der Waals surface area contributed by atoms with Gasteiger partial charge in [0.15, 0.2) is 6.10 Å². The Morgan fingerprint density at radius 1 is 1.22 bits per heavy atom. The first-order valence-electron chi connectivity index (χ1n) is 7.00. The van der Waals surface area contributed by atoms with Gasteiger partial charge in [-0.1, -0.05) is 23.7 Å². The standard InChI is InChI=1S/C17H17ClN2O3/c1-10-6-7-13(9-15(10)16(19)21)20-17(22)11(2)23-14-5-3-4-12(18)8-14/h3-9,11H,1-2H3,(H2,19,21)(H,20,22)/t11-/m1/s1. The third kappa shape index (κ3) is 4.47. The highest BCUT2D eigenvalue weighted by Crippen LogP contribution is 2.19. The molecule has 5 nitrogen and oxygen atoms in total. The highest BCUT2D eigenvalue weighted by Gasteiger charge is 2.16. The van der Waals surface area contributed by atoms with Crippen molar-refractivity contribution in [1.29, 1.82) is 0 Å². The molecule has 0 saturated heterocycles. The van der Waals surface area contributed by atoms with E-state index in [9.17, 15) is 9.59 Å². The van der Waals surface area contributed by atoms with E-state index in [-0.39, 0.29) is 5.91 Å². The van der Waals surface area contributed by atoms with Crippen LogP contribution in [0.1, 0.15) is 22.8 Å². The van der Waals surface area contributed by atoms with Gasteiger partial charge in [0.1, 0.15) is 5.75 Å². The summed E-state index contributed by atoms with van der Waals surface area (Å²) in [5.74, 6) is -0.382. The SMILES string of the molecule is Cc1ccc(NC(=O)[C@@H](C)Oc2cccc(Cl)c2)cc1C(N)=O. The van der Waals surface area contributed by atoms with Crippen molar-refractivity contribution < 1.29 is 14.3 Å². The van der Waals surface area contributed by atoms with Crippen molar-refractivity contribution in [3.63, 3.8) is 0 Å². The van der Waals surface area contributed by atoms with Gasteiger partial charge in [0, 0.05) is 16.3 Å². The van der Waals surface area contributed by atoms with Crippen LogP contribution in [-0.4, -0.2) is 17.9 Å². The van der Waals surface area contributed by atoms with Crippen molar-refractivity contribution in [2.45, 2.75) is 20.0 Å². The number of nitrogens with two attached hydrogens (primary N) is 1. The molecule has 0 fully saturated rings. The number of nitrogens with one attached hydrogen (secondary N) is 1. The van der Waals surface area contributed by atoms with Crippen LogP contribution in [0.3, 0.4) is 0 Å². The number of amides is 2. The molecule has 3 N–H and O–H groups in total. The van der Waals surface area contributed by atoms with Crippen molar-refractivity contribution in [2.75, 3.05) is 5.32 Å². The van der Waals surface area contributed by atoms with Gasteiger partial charge in [-0.25, -0.2) is 0 Å². The topological polar surface area (TPSA) is 81.4 Å². The normalized spacial score (nSPS) is 11.6. The third-order valence-corrected chi connectivity index (χ3v) is 3.48. The van der Waals surface area contributed by atoms with Crippen molar-refractivity contribution in [2.24, 2.45) is 5.73 Å². The van der Waals surface area contributed by atoms with E-state index in [1.54, 1.807) is 56.3 Å². The van der Waals surface area contributed by atoms with Crippen molar-refractivity contribution in [3.05, 3.63) is 58.6 Å². The van der Waals surface area contributed by atoms with Crippen molar-refractivity contribution in [3.8, 4) is 5.75 Å². The molecule has 0 heterocycles. The second kappa shape index (κ2) is 7.15. The summed E-state index contributed by atoms with van der Waals surface area (Å²) < 4.78 is 5.54. The summed E-state index contributed by atoms with van der Waals surface area (Å²) in [7, 11) is 0. The molecule has 0 aromatic heterocycles. The van der Waals surface area contributed by atoms with Crippen LogP contribution in [0.2, 0.25) is 5.02 Å². The van der Waals surface area contributed by atoms with Gasteiger partial charge >= 0.3 is 0 Å². The molecule has 0 spiro atoms. The van der Waals surface area contributed by atoms with Gasteiger partial charge < -0.3 is 15.8 Å². The minimum absolute atomic E-state index is 0.343. The average Bonchev–Trinajstić information content (AvgIpc) is 2.48. The molecular weight excluding hydrogens is 316 g/mol. The quantitative estimate of drug-likeness (QED) is 0.882. The zero-order valence-corrected chi connectivity index (χ0v) is 13.6. The van der Waals surface area contributed by atoms with E-state index in [2.05, 4.69) is 5.32 Å². The molecule has 23 heavy (non-hydrogen) atoms.